The third kappa shape index (κ3) is 3.17. The first-order valence-electron chi connectivity index (χ1n) is 5.44. The predicted octanol–water partition coefficient (Wildman–Crippen LogP) is 2.51. The molecule has 0 amide bonds. The van der Waals surface area contributed by atoms with Gasteiger partial charge in [0.15, 0.2) is 0 Å². The molecule has 0 bridgehead atoms. The molecule has 90 valence electrons. The monoisotopic (exact) mass is 244 g/mol. The van der Waals surface area contributed by atoms with Crippen LogP contribution in [0, 0.1) is 11.7 Å². The molecule has 4 N–H and O–H groups in total. The fraction of sp³-hybridized carbons (Fsp3) is 0.500. The van der Waals surface area contributed by atoms with Crippen LogP contribution in [0.25, 0.3) is 0 Å². The number of nitrogens with two attached hydrogens (primary N) is 2. The van der Waals surface area contributed by atoms with E-state index in [1.807, 2.05) is 6.92 Å². The Morgan fingerprint density at radius 2 is 1.94 bits per heavy atom. The summed E-state index contributed by atoms with van der Waals surface area (Å²) >= 11 is 5.99. The molecule has 0 saturated carbocycles. The average Bonchev–Trinajstić information content (AvgIpc) is 2.25. The molecular weight excluding hydrogens is 227 g/mol. The molecule has 1 atom stereocenters. The van der Waals surface area contributed by atoms with Crippen molar-refractivity contribution in [1.29, 1.82) is 0 Å². The molecule has 0 radical (unpaired) electrons. The van der Waals surface area contributed by atoms with E-state index >= 15 is 0 Å². The van der Waals surface area contributed by atoms with Crippen molar-refractivity contribution in [3.63, 3.8) is 0 Å². The first-order chi connectivity index (χ1) is 7.60. The molecule has 0 heterocycles. The molecule has 2 nitrogen and oxygen atoms in total. The Balaban J connectivity index is 2.83. The van der Waals surface area contributed by atoms with Crippen LogP contribution in [0.3, 0.4) is 0 Å². The summed E-state index contributed by atoms with van der Waals surface area (Å²) in [6.07, 6.45) is 0.758. The largest absolute Gasteiger partial charge is 0.330 e. The molecule has 0 aliphatic rings. The van der Waals surface area contributed by atoms with Crippen molar-refractivity contribution in [3.8, 4) is 0 Å². The third-order valence-electron chi connectivity index (χ3n) is 2.85. The summed E-state index contributed by atoms with van der Waals surface area (Å²) in [5, 5.41) is 0.472. The van der Waals surface area contributed by atoms with Gasteiger partial charge in [-0.3, -0.25) is 0 Å². The number of benzene rings is 1. The standard InChI is InChI=1S/C12H18ClFN2/c1-8(5-9(6-15)7-16)12-10(13)3-2-4-11(12)14/h2-4,8-9H,5-7,15-16H2,1H3. The van der Waals surface area contributed by atoms with E-state index in [0.717, 1.165) is 6.42 Å². The minimum absolute atomic E-state index is 0.0331. The zero-order valence-electron chi connectivity index (χ0n) is 9.42. The normalized spacial score (nSPS) is 13.1. The van der Waals surface area contributed by atoms with E-state index in [-0.39, 0.29) is 17.7 Å². The Morgan fingerprint density at radius 3 is 2.44 bits per heavy atom. The Labute approximate surface area is 101 Å². The van der Waals surface area contributed by atoms with Gasteiger partial charge >= 0.3 is 0 Å². The molecule has 0 aliphatic heterocycles. The van der Waals surface area contributed by atoms with Crippen molar-refractivity contribution in [2.45, 2.75) is 19.3 Å². The summed E-state index contributed by atoms with van der Waals surface area (Å²) in [6.45, 7) is 2.99. The second kappa shape index (κ2) is 6.18. The molecule has 0 fully saturated rings. The predicted molar refractivity (Wildman–Crippen MR) is 66.0 cm³/mol. The van der Waals surface area contributed by atoms with Crippen LogP contribution in [0.5, 0.6) is 0 Å². The van der Waals surface area contributed by atoms with Gasteiger partial charge in [-0.05, 0) is 43.5 Å². The Hall–Kier alpha value is -0.640. The van der Waals surface area contributed by atoms with E-state index in [1.165, 1.54) is 6.07 Å². The van der Waals surface area contributed by atoms with Crippen molar-refractivity contribution in [2.75, 3.05) is 13.1 Å². The number of hydrogen-bond donors (Lipinski definition) is 2. The molecule has 1 rings (SSSR count). The van der Waals surface area contributed by atoms with E-state index in [0.29, 0.717) is 23.7 Å². The summed E-state index contributed by atoms with van der Waals surface area (Å²) in [5.41, 5.74) is 11.7. The van der Waals surface area contributed by atoms with E-state index in [4.69, 9.17) is 23.1 Å². The van der Waals surface area contributed by atoms with Gasteiger partial charge in [0, 0.05) is 10.6 Å². The smallest absolute Gasteiger partial charge is 0.128 e. The van der Waals surface area contributed by atoms with Gasteiger partial charge in [-0.1, -0.05) is 24.6 Å². The van der Waals surface area contributed by atoms with Crippen LogP contribution < -0.4 is 11.5 Å². The summed E-state index contributed by atoms with van der Waals surface area (Å²) < 4.78 is 13.6. The molecule has 16 heavy (non-hydrogen) atoms. The van der Waals surface area contributed by atoms with E-state index in [9.17, 15) is 4.39 Å². The van der Waals surface area contributed by atoms with Crippen molar-refractivity contribution in [1.82, 2.24) is 0 Å². The van der Waals surface area contributed by atoms with Gasteiger partial charge in [0.1, 0.15) is 5.82 Å². The first kappa shape index (κ1) is 13.4. The SMILES string of the molecule is CC(CC(CN)CN)c1c(F)cccc1Cl. The van der Waals surface area contributed by atoms with Crippen LogP contribution in [0.4, 0.5) is 4.39 Å². The topological polar surface area (TPSA) is 52.0 Å². The molecule has 0 aromatic heterocycles. The van der Waals surface area contributed by atoms with Gasteiger partial charge in [-0.25, -0.2) is 4.39 Å². The van der Waals surface area contributed by atoms with Crippen molar-refractivity contribution >= 4 is 11.6 Å². The van der Waals surface area contributed by atoms with Gasteiger partial charge in [0.2, 0.25) is 0 Å². The second-order valence-corrected chi connectivity index (χ2v) is 4.52. The minimum Gasteiger partial charge on any atom is -0.330 e. The molecule has 1 aromatic rings. The van der Waals surface area contributed by atoms with Crippen LogP contribution in [0.15, 0.2) is 18.2 Å². The molecule has 0 spiro atoms. The van der Waals surface area contributed by atoms with Gasteiger partial charge in [0.25, 0.3) is 0 Å². The molecule has 0 aliphatic carbocycles. The van der Waals surface area contributed by atoms with E-state index < -0.39 is 0 Å². The lowest BCUT2D eigenvalue weighted by atomic mass is 9.90. The lowest BCUT2D eigenvalue weighted by Gasteiger charge is -2.19. The van der Waals surface area contributed by atoms with E-state index in [1.54, 1.807) is 12.1 Å². The molecule has 4 heteroatoms. The van der Waals surface area contributed by atoms with Crippen LogP contribution in [0.2, 0.25) is 5.02 Å². The van der Waals surface area contributed by atoms with Crippen LogP contribution >= 0.6 is 11.6 Å². The quantitative estimate of drug-likeness (QED) is 0.836. The zero-order chi connectivity index (χ0) is 12.1. The fourth-order valence-corrected chi connectivity index (χ4v) is 2.24. The number of halogens is 2. The highest BCUT2D eigenvalue weighted by molar-refractivity contribution is 6.31. The highest BCUT2D eigenvalue weighted by Gasteiger charge is 2.17. The van der Waals surface area contributed by atoms with Crippen molar-refractivity contribution in [3.05, 3.63) is 34.6 Å². The number of hydrogen-bond acceptors (Lipinski definition) is 2. The minimum atomic E-state index is -0.257. The number of rotatable bonds is 5. The van der Waals surface area contributed by atoms with Crippen LogP contribution in [-0.4, -0.2) is 13.1 Å². The summed E-state index contributed by atoms with van der Waals surface area (Å²) in [5.74, 6) is -0.00994. The van der Waals surface area contributed by atoms with E-state index in [2.05, 4.69) is 0 Å². The zero-order valence-corrected chi connectivity index (χ0v) is 10.2. The molecule has 1 aromatic carbocycles. The highest BCUT2D eigenvalue weighted by Crippen LogP contribution is 2.31. The maximum absolute atomic E-state index is 13.6. The average molecular weight is 245 g/mol. The maximum Gasteiger partial charge on any atom is 0.128 e. The highest BCUT2D eigenvalue weighted by atomic mass is 35.5. The van der Waals surface area contributed by atoms with Crippen molar-refractivity contribution < 1.29 is 4.39 Å². The molecule has 1 unspecified atom stereocenters. The van der Waals surface area contributed by atoms with Crippen molar-refractivity contribution in [2.24, 2.45) is 17.4 Å². The first-order valence-corrected chi connectivity index (χ1v) is 5.82. The summed E-state index contributed by atoms with van der Waals surface area (Å²) in [7, 11) is 0. The molecular formula is C12H18ClFN2. The Morgan fingerprint density at radius 1 is 1.31 bits per heavy atom. The lowest BCUT2D eigenvalue weighted by Crippen LogP contribution is -2.24. The van der Waals surface area contributed by atoms with Gasteiger partial charge in [0.05, 0.1) is 0 Å². The fourth-order valence-electron chi connectivity index (χ4n) is 1.89. The third-order valence-corrected chi connectivity index (χ3v) is 3.18. The van der Waals surface area contributed by atoms with Gasteiger partial charge < -0.3 is 11.5 Å². The Bertz CT molecular complexity index is 320. The van der Waals surface area contributed by atoms with Gasteiger partial charge in [-0.2, -0.15) is 0 Å². The van der Waals surface area contributed by atoms with Crippen LogP contribution in [-0.2, 0) is 0 Å². The Kier molecular flexibility index (Phi) is 5.19. The molecule has 0 saturated heterocycles. The summed E-state index contributed by atoms with van der Waals surface area (Å²) in [6, 6.07) is 4.74. The second-order valence-electron chi connectivity index (χ2n) is 4.11. The summed E-state index contributed by atoms with van der Waals surface area (Å²) in [4.78, 5) is 0. The maximum atomic E-state index is 13.6. The lowest BCUT2D eigenvalue weighted by molar-refractivity contribution is 0.455. The van der Waals surface area contributed by atoms with Gasteiger partial charge in [-0.15, -0.1) is 0 Å². The van der Waals surface area contributed by atoms with Crippen LogP contribution in [0.1, 0.15) is 24.8 Å².